The highest BCUT2D eigenvalue weighted by molar-refractivity contribution is 7.18. The highest BCUT2D eigenvalue weighted by Crippen LogP contribution is 2.37. The average molecular weight is 386 g/mol. The third-order valence-corrected chi connectivity index (χ3v) is 6.22. The molecule has 142 valence electrons. The molecule has 0 aliphatic carbocycles. The Morgan fingerprint density at radius 1 is 1.11 bits per heavy atom. The molecule has 0 saturated heterocycles. The van der Waals surface area contributed by atoms with E-state index in [0.717, 1.165) is 58.7 Å². The van der Waals surface area contributed by atoms with Crippen molar-refractivity contribution in [3.05, 3.63) is 34.5 Å². The van der Waals surface area contributed by atoms with Gasteiger partial charge in [-0.2, -0.15) is 0 Å². The molecule has 0 fully saturated rings. The van der Waals surface area contributed by atoms with E-state index in [1.165, 1.54) is 15.3 Å². The normalized spacial score (nSPS) is 12.9. The van der Waals surface area contributed by atoms with Crippen molar-refractivity contribution < 1.29 is 14.4 Å². The Kier molecular flexibility index (Phi) is 4.88. The lowest BCUT2D eigenvalue weighted by molar-refractivity contribution is -0.910. The summed E-state index contributed by atoms with van der Waals surface area (Å²) in [6, 6.07) is 5.88. The quantitative estimate of drug-likeness (QED) is 0.682. The van der Waals surface area contributed by atoms with E-state index in [4.69, 9.17) is 19.4 Å². The van der Waals surface area contributed by atoms with Crippen molar-refractivity contribution in [2.24, 2.45) is 0 Å². The zero-order valence-corrected chi connectivity index (χ0v) is 17.0. The van der Waals surface area contributed by atoms with Gasteiger partial charge in [-0.15, -0.1) is 11.3 Å². The van der Waals surface area contributed by atoms with Crippen LogP contribution in [0.3, 0.4) is 0 Å². The molecular weight excluding hydrogens is 360 g/mol. The minimum Gasteiger partial charge on any atom is -0.454 e. The van der Waals surface area contributed by atoms with Crippen molar-refractivity contribution in [1.29, 1.82) is 0 Å². The lowest BCUT2D eigenvalue weighted by Crippen LogP contribution is -3.10. The maximum Gasteiger partial charge on any atom is 0.231 e. The van der Waals surface area contributed by atoms with Crippen LogP contribution in [0, 0.1) is 13.8 Å². The van der Waals surface area contributed by atoms with Gasteiger partial charge in [0, 0.05) is 16.6 Å². The summed E-state index contributed by atoms with van der Waals surface area (Å²) in [6.45, 7) is 11.9. The molecule has 2 aromatic heterocycles. The van der Waals surface area contributed by atoms with Crippen molar-refractivity contribution in [2.75, 3.05) is 25.2 Å². The maximum absolute atomic E-state index is 5.50. The fourth-order valence-corrected chi connectivity index (χ4v) is 4.35. The molecule has 0 saturated carbocycles. The Balaban J connectivity index is 1.75. The van der Waals surface area contributed by atoms with Crippen LogP contribution >= 0.6 is 11.3 Å². The van der Waals surface area contributed by atoms with E-state index in [0.29, 0.717) is 0 Å². The summed E-state index contributed by atoms with van der Waals surface area (Å²) < 4.78 is 10.9. The lowest BCUT2D eigenvalue weighted by Gasteiger charge is -2.15. The number of benzene rings is 1. The van der Waals surface area contributed by atoms with Crippen molar-refractivity contribution in [2.45, 2.75) is 34.2 Å². The third-order valence-electron chi connectivity index (χ3n) is 5.12. The molecule has 1 aliphatic heterocycles. The Bertz CT molecular complexity index is 982. The summed E-state index contributed by atoms with van der Waals surface area (Å²) >= 11 is 1.73. The molecule has 27 heavy (non-hydrogen) atoms. The van der Waals surface area contributed by atoms with Gasteiger partial charge in [-0.25, -0.2) is 9.97 Å². The van der Waals surface area contributed by atoms with E-state index in [1.54, 1.807) is 11.3 Å². The fraction of sp³-hybridized carbons (Fsp3) is 0.400. The summed E-state index contributed by atoms with van der Waals surface area (Å²) in [7, 11) is 0. The minimum atomic E-state index is 0.274. The van der Waals surface area contributed by atoms with Crippen LogP contribution in [0.2, 0.25) is 0 Å². The number of nitrogens with zero attached hydrogens (tertiary/aromatic N) is 2. The standard InChI is InChI=1S/C20H24N4O2S/c1-5-24(6-2)10-17-22-19(18-12(3)13(4)27-20(18)23-17)21-14-7-8-15-16(9-14)26-11-25-15/h7-9H,5-6,10-11H2,1-4H3,(H,21,22,23)/p+1. The molecule has 0 atom stereocenters. The molecule has 4 rings (SSSR count). The molecule has 0 amide bonds. The van der Waals surface area contributed by atoms with Gasteiger partial charge in [-0.3, -0.25) is 0 Å². The van der Waals surface area contributed by atoms with Crippen LogP contribution in [-0.2, 0) is 6.54 Å². The minimum absolute atomic E-state index is 0.274. The number of ether oxygens (including phenoxy) is 2. The van der Waals surface area contributed by atoms with Gasteiger partial charge in [0.25, 0.3) is 0 Å². The van der Waals surface area contributed by atoms with Gasteiger partial charge in [0.1, 0.15) is 17.2 Å². The molecule has 1 aromatic carbocycles. The molecule has 0 spiro atoms. The molecule has 1 aliphatic rings. The maximum atomic E-state index is 5.50. The van der Waals surface area contributed by atoms with E-state index in [1.807, 2.05) is 18.2 Å². The van der Waals surface area contributed by atoms with Gasteiger partial charge in [0.2, 0.25) is 6.79 Å². The van der Waals surface area contributed by atoms with Crippen molar-refractivity contribution >= 4 is 33.1 Å². The molecular formula is C20H25N4O2S+. The summed E-state index contributed by atoms with van der Waals surface area (Å²) in [5.74, 6) is 3.28. The van der Waals surface area contributed by atoms with E-state index in [9.17, 15) is 0 Å². The molecule has 0 unspecified atom stereocenters. The topological polar surface area (TPSA) is 60.7 Å². The van der Waals surface area contributed by atoms with Crippen LogP contribution < -0.4 is 19.7 Å². The van der Waals surface area contributed by atoms with Crippen molar-refractivity contribution in [1.82, 2.24) is 9.97 Å². The number of hydrogen-bond donors (Lipinski definition) is 2. The van der Waals surface area contributed by atoms with Crippen molar-refractivity contribution in [3.63, 3.8) is 0 Å². The van der Waals surface area contributed by atoms with Crippen LogP contribution in [0.4, 0.5) is 11.5 Å². The largest absolute Gasteiger partial charge is 0.454 e. The predicted molar refractivity (Wildman–Crippen MR) is 108 cm³/mol. The number of thiophene rings is 1. The van der Waals surface area contributed by atoms with Crippen LogP contribution in [-0.4, -0.2) is 29.9 Å². The smallest absolute Gasteiger partial charge is 0.231 e. The first-order chi connectivity index (χ1) is 13.1. The van der Waals surface area contributed by atoms with Crippen LogP contribution in [0.25, 0.3) is 10.2 Å². The highest BCUT2D eigenvalue weighted by Gasteiger charge is 2.18. The van der Waals surface area contributed by atoms with Crippen LogP contribution in [0.15, 0.2) is 18.2 Å². The van der Waals surface area contributed by atoms with Gasteiger partial charge in [-0.05, 0) is 45.4 Å². The van der Waals surface area contributed by atoms with E-state index >= 15 is 0 Å². The zero-order valence-electron chi connectivity index (χ0n) is 16.2. The van der Waals surface area contributed by atoms with E-state index < -0.39 is 0 Å². The van der Waals surface area contributed by atoms with Crippen LogP contribution in [0.5, 0.6) is 11.5 Å². The Hall–Kier alpha value is -2.38. The van der Waals surface area contributed by atoms with Crippen molar-refractivity contribution in [3.8, 4) is 11.5 Å². The molecule has 0 bridgehead atoms. The summed E-state index contributed by atoms with van der Waals surface area (Å²) in [5, 5.41) is 4.60. The summed E-state index contributed by atoms with van der Waals surface area (Å²) in [6.07, 6.45) is 0. The number of anilines is 2. The molecule has 0 radical (unpaired) electrons. The summed E-state index contributed by atoms with van der Waals surface area (Å²) in [4.78, 5) is 13.5. The van der Waals surface area contributed by atoms with Gasteiger partial charge in [-0.1, -0.05) is 0 Å². The monoisotopic (exact) mass is 385 g/mol. The molecule has 3 heterocycles. The molecule has 3 aromatic rings. The number of hydrogen-bond acceptors (Lipinski definition) is 6. The second-order valence-corrected chi connectivity index (χ2v) is 7.98. The average Bonchev–Trinajstić information content (AvgIpc) is 3.24. The van der Waals surface area contributed by atoms with Gasteiger partial charge < -0.3 is 19.7 Å². The summed E-state index contributed by atoms with van der Waals surface area (Å²) in [5.41, 5.74) is 2.17. The van der Waals surface area contributed by atoms with Gasteiger partial charge in [0.15, 0.2) is 17.3 Å². The molecule has 6 nitrogen and oxygen atoms in total. The lowest BCUT2D eigenvalue weighted by atomic mass is 10.2. The first-order valence-corrected chi connectivity index (χ1v) is 10.2. The van der Waals surface area contributed by atoms with E-state index in [-0.39, 0.29) is 6.79 Å². The second kappa shape index (κ2) is 7.32. The second-order valence-electron chi connectivity index (χ2n) is 6.78. The Morgan fingerprint density at radius 2 is 1.89 bits per heavy atom. The first-order valence-electron chi connectivity index (χ1n) is 9.35. The van der Waals surface area contributed by atoms with Crippen LogP contribution in [0.1, 0.15) is 30.1 Å². The number of aromatic nitrogens is 2. The highest BCUT2D eigenvalue weighted by atomic mass is 32.1. The predicted octanol–water partition coefficient (Wildman–Crippen LogP) is 3.21. The zero-order chi connectivity index (χ0) is 19.0. The SMILES string of the molecule is CC[NH+](CC)Cc1nc(Nc2ccc3c(c2)OCO3)c2c(C)c(C)sc2n1. The number of aryl methyl sites for hydroxylation is 2. The molecule has 7 heteroatoms. The molecule has 2 N–H and O–H groups in total. The fourth-order valence-electron chi connectivity index (χ4n) is 3.30. The number of rotatable bonds is 6. The number of quaternary nitrogens is 1. The first kappa shape index (κ1) is 18.0. The Morgan fingerprint density at radius 3 is 2.67 bits per heavy atom. The Labute approximate surface area is 163 Å². The van der Waals surface area contributed by atoms with E-state index in [2.05, 4.69) is 33.0 Å². The van der Waals surface area contributed by atoms with Gasteiger partial charge in [0.05, 0.1) is 18.5 Å². The van der Waals surface area contributed by atoms with Gasteiger partial charge >= 0.3 is 0 Å². The third kappa shape index (κ3) is 3.44. The number of fused-ring (bicyclic) bond motifs is 2. The number of nitrogens with one attached hydrogen (secondary N) is 2.